The molecule has 0 bridgehead atoms. The van der Waals surface area contributed by atoms with E-state index in [9.17, 15) is 14.9 Å². The van der Waals surface area contributed by atoms with Gasteiger partial charge in [0.05, 0.1) is 11.0 Å². The molecule has 0 aliphatic carbocycles. The molecule has 1 amide bonds. The van der Waals surface area contributed by atoms with Crippen molar-refractivity contribution in [1.29, 1.82) is 0 Å². The molecule has 1 rings (SSSR count). The van der Waals surface area contributed by atoms with Crippen LogP contribution in [-0.2, 0) is 0 Å². The number of carboxylic acid groups (broad SMARTS) is 1. The minimum Gasteiger partial charge on any atom is -0.483 e. The summed E-state index contributed by atoms with van der Waals surface area (Å²) in [6.07, 6.45) is 1.46. The van der Waals surface area contributed by atoms with E-state index in [2.05, 4.69) is 5.32 Å². The lowest BCUT2D eigenvalue weighted by Crippen LogP contribution is -2.24. The van der Waals surface area contributed by atoms with E-state index in [1.165, 1.54) is 18.2 Å². The summed E-state index contributed by atoms with van der Waals surface area (Å²) in [6, 6.07) is 4.18. The number of carbonyl (C=O) groups is 1. The van der Waals surface area contributed by atoms with Crippen LogP contribution in [0.2, 0.25) is 5.02 Å². The SMILES string of the molecule is CCCC(CCCNC(=O)O)Oc1cc(Cl)ccc1[N+](=O)[O-]. The molecule has 22 heavy (non-hydrogen) atoms. The smallest absolute Gasteiger partial charge is 0.404 e. The van der Waals surface area contributed by atoms with Crippen LogP contribution in [0.4, 0.5) is 10.5 Å². The summed E-state index contributed by atoms with van der Waals surface area (Å²) in [4.78, 5) is 20.9. The number of nitrogens with zero attached hydrogens (tertiary/aromatic N) is 1. The molecule has 7 nitrogen and oxygen atoms in total. The number of hydrogen-bond donors (Lipinski definition) is 2. The van der Waals surface area contributed by atoms with Crippen LogP contribution >= 0.6 is 11.6 Å². The molecule has 0 radical (unpaired) electrons. The first kappa shape index (κ1) is 18.0. The number of rotatable bonds is 9. The number of hydrogen-bond acceptors (Lipinski definition) is 4. The molecule has 1 atom stereocenters. The van der Waals surface area contributed by atoms with E-state index in [1.807, 2.05) is 6.92 Å². The van der Waals surface area contributed by atoms with Crippen LogP contribution in [0.3, 0.4) is 0 Å². The zero-order valence-corrected chi connectivity index (χ0v) is 13.0. The van der Waals surface area contributed by atoms with Crippen molar-refractivity contribution in [2.75, 3.05) is 6.54 Å². The molecule has 0 aromatic heterocycles. The Hall–Kier alpha value is -2.02. The second-order valence-electron chi connectivity index (χ2n) is 4.77. The summed E-state index contributed by atoms with van der Waals surface area (Å²) in [6.45, 7) is 2.30. The predicted molar refractivity (Wildman–Crippen MR) is 82.7 cm³/mol. The first-order valence-corrected chi connectivity index (χ1v) is 7.39. The van der Waals surface area contributed by atoms with E-state index >= 15 is 0 Å². The van der Waals surface area contributed by atoms with Crippen molar-refractivity contribution in [3.63, 3.8) is 0 Å². The molecule has 0 saturated carbocycles. The van der Waals surface area contributed by atoms with Gasteiger partial charge in [0, 0.05) is 23.7 Å². The lowest BCUT2D eigenvalue weighted by Gasteiger charge is -2.18. The van der Waals surface area contributed by atoms with Gasteiger partial charge in [0.15, 0.2) is 5.75 Å². The van der Waals surface area contributed by atoms with Crippen LogP contribution in [-0.4, -0.2) is 28.8 Å². The maximum Gasteiger partial charge on any atom is 0.404 e. The Balaban J connectivity index is 2.71. The van der Waals surface area contributed by atoms with Gasteiger partial charge in [-0.2, -0.15) is 0 Å². The second-order valence-corrected chi connectivity index (χ2v) is 5.21. The highest BCUT2D eigenvalue weighted by Gasteiger charge is 2.19. The highest BCUT2D eigenvalue weighted by molar-refractivity contribution is 6.30. The van der Waals surface area contributed by atoms with Crippen LogP contribution in [0.5, 0.6) is 5.75 Å². The average Bonchev–Trinajstić information content (AvgIpc) is 2.43. The third kappa shape index (κ3) is 6.17. The molecule has 0 saturated heterocycles. The minimum atomic E-state index is -1.07. The van der Waals surface area contributed by atoms with Crippen molar-refractivity contribution in [2.45, 2.75) is 38.7 Å². The Labute approximate surface area is 133 Å². The van der Waals surface area contributed by atoms with Crippen molar-refractivity contribution >= 4 is 23.4 Å². The number of nitro benzene ring substituents is 1. The number of nitro groups is 1. The Kier molecular flexibility index (Phi) is 7.45. The molecule has 0 aliphatic heterocycles. The normalized spacial score (nSPS) is 11.7. The zero-order valence-electron chi connectivity index (χ0n) is 12.3. The average molecular weight is 331 g/mol. The van der Waals surface area contributed by atoms with Gasteiger partial charge in [0.2, 0.25) is 0 Å². The second kappa shape index (κ2) is 9.09. The van der Waals surface area contributed by atoms with E-state index < -0.39 is 11.0 Å². The highest BCUT2D eigenvalue weighted by atomic mass is 35.5. The van der Waals surface area contributed by atoms with Crippen molar-refractivity contribution in [3.05, 3.63) is 33.3 Å². The van der Waals surface area contributed by atoms with E-state index in [4.69, 9.17) is 21.4 Å². The number of ether oxygens (including phenoxy) is 1. The van der Waals surface area contributed by atoms with Gasteiger partial charge < -0.3 is 15.2 Å². The summed E-state index contributed by atoms with van der Waals surface area (Å²) in [5, 5.41) is 22.2. The lowest BCUT2D eigenvalue weighted by atomic mass is 10.1. The molecule has 0 fully saturated rings. The van der Waals surface area contributed by atoms with Crippen LogP contribution < -0.4 is 10.1 Å². The molecule has 2 N–H and O–H groups in total. The van der Waals surface area contributed by atoms with Gasteiger partial charge in [-0.3, -0.25) is 10.1 Å². The molecule has 8 heteroatoms. The Morgan fingerprint density at radius 3 is 2.82 bits per heavy atom. The fourth-order valence-corrected chi connectivity index (χ4v) is 2.18. The summed E-state index contributed by atoms with van der Waals surface area (Å²) in [5.74, 6) is 0.141. The maximum atomic E-state index is 11.0. The first-order valence-electron chi connectivity index (χ1n) is 7.01. The van der Waals surface area contributed by atoms with E-state index in [1.54, 1.807) is 0 Å². The summed E-state index contributed by atoms with van der Waals surface area (Å²) in [5.41, 5.74) is -0.130. The van der Waals surface area contributed by atoms with Gasteiger partial charge in [-0.1, -0.05) is 24.9 Å². The molecule has 1 aromatic carbocycles. The van der Waals surface area contributed by atoms with Crippen molar-refractivity contribution in [2.24, 2.45) is 0 Å². The van der Waals surface area contributed by atoms with E-state index in [0.717, 1.165) is 12.8 Å². The Morgan fingerprint density at radius 2 is 2.23 bits per heavy atom. The fourth-order valence-electron chi connectivity index (χ4n) is 2.02. The number of amides is 1. The zero-order chi connectivity index (χ0) is 16.5. The Bertz CT molecular complexity index is 524. The molecule has 0 spiro atoms. The molecule has 0 heterocycles. The van der Waals surface area contributed by atoms with Gasteiger partial charge in [-0.25, -0.2) is 4.79 Å². The number of benzene rings is 1. The van der Waals surface area contributed by atoms with Crippen LogP contribution in [0.1, 0.15) is 32.6 Å². The molecule has 122 valence electrons. The molecular formula is C14H19ClN2O5. The quantitative estimate of drug-likeness (QED) is 0.407. The Morgan fingerprint density at radius 1 is 1.50 bits per heavy atom. The van der Waals surface area contributed by atoms with Gasteiger partial charge in [-0.05, 0) is 25.3 Å². The molecule has 1 unspecified atom stereocenters. The van der Waals surface area contributed by atoms with Crippen LogP contribution in [0.25, 0.3) is 0 Å². The summed E-state index contributed by atoms with van der Waals surface area (Å²) >= 11 is 5.87. The van der Waals surface area contributed by atoms with E-state index in [0.29, 0.717) is 24.4 Å². The lowest BCUT2D eigenvalue weighted by molar-refractivity contribution is -0.386. The van der Waals surface area contributed by atoms with Crippen molar-refractivity contribution in [1.82, 2.24) is 5.32 Å². The standard InChI is InChI=1S/C14H19ClN2O5/c1-2-4-11(5-3-8-16-14(18)19)22-13-9-10(15)6-7-12(13)17(20)21/h6-7,9,11,16H,2-5,8H2,1H3,(H,18,19). The van der Waals surface area contributed by atoms with E-state index in [-0.39, 0.29) is 17.5 Å². The highest BCUT2D eigenvalue weighted by Crippen LogP contribution is 2.31. The van der Waals surface area contributed by atoms with Crippen molar-refractivity contribution in [3.8, 4) is 5.75 Å². The summed E-state index contributed by atoms with van der Waals surface area (Å²) in [7, 11) is 0. The van der Waals surface area contributed by atoms with Gasteiger partial charge in [-0.15, -0.1) is 0 Å². The largest absolute Gasteiger partial charge is 0.483 e. The fraction of sp³-hybridized carbons (Fsp3) is 0.500. The van der Waals surface area contributed by atoms with Gasteiger partial charge in [0.25, 0.3) is 0 Å². The monoisotopic (exact) mass is 330 g/mol. The predicted octanol–water partition coefficient (Wildman–Crippen LogP) is 3.84. The molecule has 1 aromatic rings. The van der Waals surface area contributed by atoms with Crippen LogP contribution in [0.15, 0.2) is 18.2 Å². The third-order valence-corrected chi connectivity index (χ3v) is 3.24. The van der Waals surface area contributed by atoms with Gasteiger partial charge in [0.1, 0.15) is 0 Å². The summed E-state index contributed by atoms with van der Waals surface area (Å²) < 4.78 is 5.73. The maximum absolute atomic E-state index is 11.0. The van der Waals surface area contributed by atoms with Gasteiger partial charge >= 0.3 is 11.8 Å². The minimum absolute atomic E-state index is 0.130. The first-order chi connectivity index (χ1) is 10.4. The molecule has 0 aliphatic rings. The number of nitrogens with one attached hydrogen (secondary N) is 1. The topological polar surface area (TPSA) is 102 Å². The number of halogens is 1. The molecular weight excluding hydrogens is 312 g/mol. The third-order valence-electron chi connectivity index (χ3n) is 3.00. The van der Waals surface area contributed by atoms with Crippen LogP contribution in [0, 0.1) is 10.1 Å². The van der Waals surface area contributed by atoms with Crippen molar-refractivity contribution < 1.29 is 19.6 Å².